The maximum atomic E-state index is 11.8. The SMILES string of the molecule is CCC1CN(C(=O)OC(C)(C)C)CC1C=O. The Balaban J connectivity index is 2.57. The third kappa shape index (κ3) is 3.22. The maximum Gasteiger partial charge on any atom is 0.410 e. The lowest BCUT2D eigenvalue weighted by atomic mass is 9.95. The van der Waals surface area contributed by atoms with Crippen molar-refractivity contribution in [3.05, 3.63) is 0 Å². The summed E-state index contributed by atoms with van der Waals surface area (Å²) in [5, 5.41) is 0. The molecule has 1 fully saturated rings. The quantitative estimate of drug-likeness (QED) is 0.678. The molecule has 92 valence electrons. The van der Waals surface area contributed by atoms with E-state index in [-0.39, 0.29) is 17.9 Å². The average molecular weight is 227 g/mol. The first-order chi connectivity index (χ1) is 7.37. The molecule has 0 N–H and O–H groups in total. The van der Waals surface area contributed by atoms with Crippen molar-refractivity contribution in [3.8, 4) is 0 Å². The van der Waals surface area contributed by atoms with Crippen molar-refractivity contribution >= 4 is 12.4 Å². The lowest BCUT2D eigenvalue weighted by Gasteiger charge is -2.24. The van der Waals surface area contributed by atoms with Crippen LogP contribution in [0.2, 0.25) is 0 Å². The summed E-state index contributed by atoms with van der Waals surface area (Å²) in [5.41, 5.74) is -0.474. The summed E-state index contributed by atoms with van der Waals surface area (Å²) in [6, 6.07) is 0. The number of hydrogen-bond acceptors (Lipinski definition) is 3. The second-order valence-corrected chi connectivity index (χ2v) is 5.35. The highest BCUT2D eigenvalue weighted by Gasteiger charge is 2.35. The Morgan fingerprint density at radius 3 is 2.44 bits per heavy atom. The van der Waals surface area contributed by atoms with Gasteiger partial charge in [-0.05, 0) is 26.7 Å². The van der Waals surface area contributed by atoms with Crippen molar-refractivity contribution in [2.75, 3.05) is 13.1 Å². The monoisotopic (exact) mass is 227 g/mol. The number of likely N-dealkylation sites (tertiary alicyclic amines) is 1. The normalized spacial score (nSPS) is 25.6. The lowest BCUT2D eigenvalue weighted by Crippen LogP contribution is -2.35. The zero-order valence-electron chi connectivity index (χ0n) is 10.5. The van der Waals surface area contributed by atoms with Crippen LogP contribution in [-0.4, -0.2) is 36.0 Å². The van der Waals surface area contributed by atoms with Gasteiger partial charge in [-0.25, -0.2) is 4.79 Å². The fraction of sp³-hybridized carbons (Fsp3) is 0.833. The number of carbonyl (C=O) groups excluding carboxylic acids is 2. The number of carbonyl (C=O) groups is 2. The third-order valence-corrected chi connectivity index (χ3v) is 2.84. The number of ether oxygens (including phenoxy) is 1. The number of nitrogens with zero attached hydrogens (tertiary/aromatic N) is 1. The average Bonchev–Trinajstić information content (AvgIpc) is 2.57. The van der Waals surface area contributed by atoms with Gasteiger partial charge in [0.1, 0.15) is 11.9 Å². The summed E-state index contributed by atoms with van der Waals surface area (Å²) in [6.45, 7) is 8.70. The smallest absolute Gasteiger partial charge is 0.410 e. The van der Waals surface area contributed by atoms with Gasteiger partial charge in [-0.1, -0.05) is 13.3 Å². The molecule has 1 amide bonds. The molecular weight excluding hydrogens is 206 g/mol. The van der Waals surface area contributed by atoms with Gasteiger partial charge in [0.15, 0.2) is 0 Å². The van der Waals surface area contributed by atoms with Crippen molar-refractivity contribution in [1.82, 2.24) is 4.90 Å². The Morgan fingerprint density at radius 1 is 1.44 bits per heavy atom. The van der Waals surface area contributed by atoms with Crippen LogP contribution in [0, 0.1) is 11.8 Å². The Morgan fingerprint density at radius 2 is 2.06 bits per heavy atom. The van der Waals surface area contributed by atoms with Crippen molar-refractivity contribution in [2.24, 2.45) is 11.8 Å². The van der Waals surface area contributed by atoms with Crippen LogP contribution in [0.1, 0.15) is 34.1 Å². The summed E-state index contributed by atoms with van der Waals surface area (Å²) in [6.07, 6.45) is 1.57. The summed E-state index contributed by atoms with van der Waals surface area (Å²) < 4.78 is 5.28. The van der Waals surface area contributed by atoms with Gasteiger partial charge in [0.05, 0.1) is 0 Å². The molecule has 1 aliphatic rings. The van der Waals surface area contributed by atoms with Gasteiger partial charge in [-0.15, -0.1) is 0 Å². The first kappa shape index (κ1) is 13.0. The highest BCUT2D eigenvalue weighted by atomic mass is 16.6. The summed E-state index contributed by atoms with van der Waals surface area (Å²) in [5.74, 6) is 0.252. The number of rotatable bonds is 2. The topological polar surface area (TPSA) is 46.6 Å². The van der Waals surface area contributed by atoms with Crippen LogP contribution in [0.5, 0.6) is 0 Å². The molecule has 16 heavy (non-hydrogen) atoms. The van der Waals surface area contributed by atoms with Crippen LogP contribution in [0.3, 0.4) is 0 Å². The number of hydrogen-bond donors (Lipinski definition) is 0. The van der Waals surface area contributed by atoms with Crippen LogP contribution >= 0.6 is 0 Å². The zero-order valence-corrected chi connectivity index (χ0v) is 10.5. The van der Waals surface area contributed by atoms with Gasteiger partial charge in [0.25, 0.3) is 0 Å². The molecule has 4 heteroatoms. The van der Waals surface area contributed by atoms with Crippen molar-refractivity contribution in [3.63, 3.8) is 0 Å². The fourth-order valence-corrected chi connectivity index (χ4v) is 1.96. The first-order valence-electron chi connectivity index (χ1n) is 5.80. The molecule has 2 unspecified atom stereocenters. The molecule has 0 aliphatic carbocycles. The predicted octanol–water partition coefficient (Wildman–Crippen LogP) is 2.08. The van der Waals surface area contributed by atoms with Gasteiger partial charge in [-0.3, -0.25) is 0 Å². The summed E-state index contributed by atoms with van der Waals surface area (Å²) in [7, 11) is 0. The Hall–Kier alpha value is -1.06. The van der Waals surface area contributed by atoms with E-state index in [0.717, 1.165) is 12.7 Å². The minimum absolute atomic E-state index is 0.0301. The molecule has 1 heterocycles. The van der Waals surface area contributed by atoms with Crippen LogP contribution in [0.25, 0.3) is 0 Å². The molecule has 0 bridgehead atoms. The minimum atomic E-state index is -0.474. The van der Waals surface area contributed by atoms with Gasteiger partial charge in [0.2, 0.25) is 0 Å². The number of aldehydes is 1. The van der Waals surface area contributed by atoms with E-state index in [4.69, 9.17) is 4.74 Å². The largest absolute Gasteiger partial charge is 0.444 e. The van der Waals surface area contributed by atoms with Gasteiger partial charge in [0, 0.05) is 19.0 Å². The Labute approximate surface area is 96.9 Å². The molecule has 1 aliphatic heterocycles. The second-order valence-electron chi connectivity index (χ2n) is 5.35. The third-order valence-electron chi connectivity index (χ3n) is 2.84. The maximum absolute atomic E-state index is 11.8. The molecule has 4 nitrogen and oxygen atoms in total. The number of amides is 1. The molecule has 0 saturated carbocycles. The minimum Gasteiger partial charge on any atom is -0.444 e. The second kappa shape index (κ2) is 4.85. The molecular formula is C12H21NO3. The molecule has 0 aromatic carbocycles. The van der Waals surface area contributed by atoms with Crippen LogP contribution in [-0.2, 0) is 9.53 Å². The van der Waals surface area contributed by atoms with Gasteiger partial charge >= 0.3 is 6.09 Å². The van der Waals surface area contributed by atoms with Crippen LogP contribution in [0.4, 0.5) is 4.79 Å². The molecule has 0 spiro atoms. The molecule has 0 aromatic rings. The van der Waals surface area contributed by atoms with Crippen LogP contribution in [0.15, 0.2) is 0 Å². The summed E-state index contributed by atoms with van der Waals surface area (Å²) >= 11 is 0. The van der Waals surface area contributed by atoms with E-state index in [0.29, 0.717) is 13.1 Å². The van der Waals surface area contributed by atoms with Crippen molar-refractivity contribution < 1.29 is 14.3 Å². The van der Waals surface area contributed by atoms with Gasteiger partial charge in [-0.2, -0.15) is 0 Å². The van der Waals surface area contributed by atoms with E-state index < -0.39 is 5.60 Å². The first-order valence-corrected chi connectivity index (χ1v) is 5.80. The fourth-order valence-electron chi connectivity index (χ4n) is 1.96. The molecule has 0 aromatic heterocycles. The van der Waals surface area contributed by atoms with E-state index in [1.165, 1.54) is 0 Å². The predicted molar refractivity (Wildman–Crippen MR) is 61.1 cm³/mol. The summed E-state index contributed by atoms with van der Waals surface area (Å²) in [4.78, 5) is 24.3. The highest BCUT2D eigenvalue weighted by Crippen LogP contribution is 2.25. The van der Waals surface area contributed by atoms with E-state index in [1.54, 1.807) is 4.90 Å². The standard InChI is InChI=1S/C12H21NO3/c1-5-9-6-13(7-10(9)8-14)11(15)16-12(2,3)4/h8-10H,5-7H2,1-4H3. The van der Waals surface area contributed by atoms with E-state index in [1.807, 2.05) is 27.7 Å². The Kier molecular flexibility index (Phi) is 3.94. The van der Waals surface area contributed by atoms with E-state index >= 15 is 0 Å². The van der Waals surface area contributed by atoms with E-state index in [2.05, 4.69) is 0 Å². The van der Waals surface area contributed by atoms with Crippen molar-refractivity contribution in [1.29, 1.82) is 0 Å². The van der Waals surface area contributed by atoms with Crippen LogP contribution < -0.4 is 0 Å². The molecule has 1 saturated heterocycles. The van der Waals surface area contributed by atoms with Crippen molar-refractivity contribution in [2.45, 2.75) is 39.7 Å². The highest BCUT2D eigenvalue weighted by molar-refractivity contribution is 5.70. The zero-order chi connectivity index (χ0) is 12.3. The molecule has 1 rings (SSSR count). The van der Waals surface area contributed by atoms with E-state index in [9.17, 15) is 9.59 Å². The van der Waals surface area contributed by atoms with Gasteiger partial charge < -0.3 is 14.4 Å². The molecule has 0 radical (unpaired) electrons. The Bertz CT molecular complexity index is 270. The lowest BCUT2D eigenvalue weighted by molar-refractivity contribution is -0.111. The molecule has 2 atom stereocenters.